The molecule has 0 spiro atoms. The van der Waals surface area contributed by atoms with Gasteiger partial charge in [0, 0.05) is 0 Å². The molecule has 0 aliphatic carbocycles. The van der Waals surface area contributed by atoms with Crippen molar-refractivity contribution in [1.29, 1.82) is 0 Å². The molecule has 2 aliphatic heterocycles. The Labute approximate surface area is 346 Å². The Kier molecular flexibility index (Phi) is 8.81. The lowest BCUT2D eigenvalue weighted by Gasteiger charge is -2.32. The predicted octanol–water partition coefficient (Wildman–Crippen LogP) is 8.47. The first-order valence-electron chi connectivity index (χ1n) is 19.9. The second kappa shape index (κ2) is 14.5. The van der Waals surface area contributed by atoms with E-state index >= 15 is 19.2 Å². The fourth-order valence-corrected chi connectivity index (χ4v) is 16.6. The van der Waals surface area contributed by atoms with Crippen molar-refractivity contribution in [3.8, 4) is 0 Å². The minimum Gasteiger partial charge on any atom is -0.267 e. The first kappa shape index (κ1) is 36.4. The summed E-state index contributed by atoms with van der Waals surface area (Å²) in [6.45, 7) is 0. The maximum Gasteiger partial charge on any atom is 0.274 e. The summed E-state index contributed by atoms with van der Waals surface area (Å²) in [7, 11) is -3.02. The third kappa shape index (κ3) is 5.45. The van der Waals surface area contributed by atoms with Crippen LogP contribution in [0.3, 0.4) is 0 Å². The topological polar surface area (TPSA) is 88.0 Å². The Morgan fingerprint density at radius 1 is 0.267 bits per heavy atom. The van der Waals surface area contributed by atoms with Gasteiger partial charge in [0.1, 0.15) is 23.1 Å². The Morgan fingerprint density at radius 3 is 0.700 bits per heavy atom. The molecule has 2 aliphatic rings. The molecule has 8 nitrogen and oxygen atoms in total. The van der Waals surface area contributed by atoms with Crippen LogP contribution in [0.5, 0.6) is 0 Å². The molecule has 7 aromatic carbocycles. The summed E-state index contributed by atoms with van der Waals surface area (Å²) in [6, 6.07) is 62.7. The normalized spacial score (nSPS) is 20.6. The van der Waals surface area contributed by atoms with Gasteiger partial charge in [-0.2, -0.15) is 0 Å². The molecular weight excluding hydrogens is 783 g/mol. The van der Waals surface area contributed by atoms with Gasteiger partial charge in [0.2, 0.25) is 0 Å². The van der Waals surface area contributed by atoms with Crippen LogP contribution in [0, 0.1) is 0 Å². The summed E-state index contributed by atoms with van der Waals surface area (Å²) in [6.07, 6.45) is 0. The average Bonchev–Trinajstić information content (AvgIpc) is 3.87. The first-order valence-corrected chi connectivity index (χ1v) is 22.9. The highest BCUT2D eigenvalue weighted by Crippen LogP contribution is 2.69. The van der Waals surface area contributed by atoms with Crippen molar-refractivity contribution in [2.45, 2.75) is 23.1 Å². The van der Waals surface area contributed by atoms with Crippen molar-refractivity contribution in [2.75, 3.05) is 0 Å². The first-order chi connectivity index (χ1) is 29.5. The maximum absolute atomic E-state index is 15.0. The van der Waals surface area contributed by atoms with E-state index in [1.165, 1.54) is 0 Å². The summed E-state index contributed by atoms with van der Waals surface area (Å²) in [4.78, 5) is 60.0. The lowest BCUT2D eigenvalue weighted by molar-refractivity contribution is 0.494. The van der Waals surface area contributed by atoms with E-state index in [-0.39, 0.29) is 22.2 Å². The van der Waals surface area contributed by atoms with E-state index in [0.29, 0.717) is 21.5 Å². The van der Waals surface area contributed by atoms with E-state index < -0.39 is 39.0 Å². The molecule has 0 saturated carbocycles. The zero-order valence-corrected chi connectivity index (χ0v) is 33.9. The minimum absolute atomic E-state index is 0.226. The third-order valence-corrected chi connectivity index (χ3v) is 18.1. The molecule has 11 rings (SSSR count). The Hall–Kier alpha value is -6.72. The molecule has 290 valence electrons. The number of fused-ring (bicyclic) bond motifs is 4. The standard InChI is InChI=1S/C50H36N4O4P2/c55-43-37-27-13-14-28-38(37)44(56)52-48(34-21-7-2-8-22-34)59(47(51(43)52)33-19-5-1-6-20-33)41-31-17-18-32-42(41)60-49(35-23-9-3-10-24-35)53-45(57)39-29-15-16-30-40(39)46(58)54(53)50(60)36-25-11-4-12-26-36/h1-32,47-50H/t47-,48?,49+,50?,59?,60?. The second-order valence-electron chi connectivity index (χ2n) is 15.1. The van der Waals surface area contributed by atoms with Crippen molar-refractivity contribution < 1.29 is 0 Å². The largest absolute Gasteiger partial charge is 0.274 e. The molecule has 10 heteroatoms. The molecular formula is C50H36N4O4P2. The van der Waals surface area contributed by atoms with Crippen LogP contribution in [0.2, 0.25) is 0 Å². The van der Waals surface area contributed by atoms with Gasteiger partial charge >= 0.3 is 0 Å². The third-order valence-electron chi connectivity index (χ3n) is 11.9. The SMILES string of the molecule is O=c1c2ccccc2c(=O)n2n1C(c1ccccc1)P(c1ccccc1P1C(c3ccccc3)n3c(=O)c4ccccc4c(=O)n3[C@@H]1c1ccccc1)[C@@H]2c1ccccc1. The van der Waals surface area contributed by atoms with E-state index in [9.17, 15) is 0 Å². The monoisotopic (exact) mass is 818 g/mol. The van der Waals surface area contributed by atoms with Gasteiger partial charge in [-0.15, -0.1) is 0 Å². The molecule has 4 unspecified atom stereocenters. The van der Waals surface area contributed by atoms with Crippen molar-refractivity contribution in [1.82, 2.24) is 18.7 Å². The zero-order chi connectivity index (χ0) is 40.5. The van der Waals surface area contributed by atoms with Gasteiger partial charge in [-0.1, -0.05) is 170 Å². The lowest BCUT2D eigenvalue weighted by atomic mass is 10.2. The molecule has 0 amide bonds. The van der Waals surface area contributed by atoms with Gasteiger partial charge in [-0.05, 0) is 73.0 Å². The van der Waals surface area contributed by atoms with Gasteiger partial charge in [0.25, 0.3) is 22.2 Å². The van der Waals surface area contributed by atoms with E-state index in [4.69, 9.17) is 0 Å². The van der Waals surface area contributed by atoms with E-state index in [1.54, 1.807) is 67.3 Å². The molecule has 0 saturated heterocycles. The fourth-order valence-electron chi connectivity index (χ4n) is 9.39. The van der Waals surface area contributed by atoms with Crippen molar-refractivity contribution >= 4 is 48.0 Å². The van der Waals surface area contributed by atoms with E-state index in [2.05, 4.69) is 12.1 Å². The summed E-state index contributed by atoms with van der Waals surface area (Å²) in [5, 5.41) is 3.55. The summed E-state index contributed by atoms with van der Waals surface area (Å²) in [5.74, 6) is -2.13. The van der Waals surface area contributed by atoms with Crippen molar-refractivity contribution in [2.24, 2.45) is 0 Å². The number of benzene rings is 7. The molecule has 9 aromatic rings. The number of hydrogen-bond donors (Lipinski definition) is 0. The van der Waals surface area contributed by atoms with Crippen LogP contribution in [0.25, 0.3) is 21.5 Å². The molecule has 2 aromatic heterocycles. The molecule has 6 atom stereocenters. The van der Waals surface area contributed by atoms with Crippen LogP contribution < -0.4 is 32.8 Å². The van der Waals surface area contributed by atoms with Gasteiger partial charge in [0.15, 0.2) is 0 Å². The molecule has 0 bridgehead atoms. The molecule has 0 radical (unpaired) electrons. The molecule has 0 N–H and O–H groups in total. The second-order valence-corrected chi connectivity index (χ2v) is 19.7. The van der Waals surface area contributed by atoms with E-state index in [1.807, 2.05) is 133 Å². The number of nitrogens with zero attached hydrogens (tertiary/aromatic N) is 4. The summed E-state index contributed by atoms with van der Waals surface area (Å²) < 4.78 is 6.90. The highest BCUT2D eigenvalue weighted by atomic mass is 31.1. The zero-order valence-electron chi connectivity index (χ0n) is 32.1. The smallest absolute Gasteiger partial charge is 0.267 e. The minimum atomic E-state index is -1.51. The number of aromatic nitrogens is 4. The Bertz CT molecular complexity index is 2930. The summed E-state index contributed by atoms with van der Waals surface area (Å²) in [5.41, 5.74) is 2.77. The molecule has 0 fully saturated rings. The van der Waals surface area contributed by atoms with Gasteiger partial charge < -0.3 is 0 Å². The average molecular weight is 819 g/mol. The fraction of sp³-hybridized carbons (Fsp3) is 0.0800. The molecule has 60 heavy (non-hydrogen) atoms. The molecule has 4 heterocycles. The van der Waals surface area contributed by atoms with Gasteiger partial charge in [-0.3, -0.25) is 19.2 Å². The van der Waals surface area contributed by atoms with Crippen LogP contribution in [0.1, 0.15) is 45.4 Å². The Balaban J connectivity index is 1.26. The highest BCUT2D eigenvalue weighted by molar-refractivity contribution is 7.72. The van der Waals surface area contributed by atoms with Crippen molar-refractivity contribution in [3.05, 3.63) is 258 Å². The van der Waals surface area contributed by atoms with Crippen LogP contribution >= 0.6 is 15.8 Å². The van der Waals surface area contributed by atoms with Crippen LogP contribution in [-0.2, 0) is 0 Å². The van der Waals surface area contributed by atoms with Gasteiger partial charge in [0.05, 0.1) is 21.5 Å². The highest BCUT2D eigenvalue weighted by Gasteiger charge is 2.50. The Morgan fingerprint density at radius 2 is 0.467 bits per heavy atom. The number of rotatable bonds is 6. The van der Waals surface area contributed by atoms with Gasteiger partial charge in [-0.25, -0.2) is 18.7 Å². The van der Waals surface area contributed by atoms with Crippen molar-refractivity contribution in [3.63, 3.8) is 0 Å². The maximum atomic E-state index is 15.0. The van der Waals surface area contributed by atoms with Crippen LogP contribution in [-0.4, -0.2) is 18.7 Å². The number of hydrogen-bond acceptors (Lipinski definition) is 4. The van der Waals surface area contributed by atoms with E-state index in [0.717, 1.165) is 32.9 Å². The summed E-state index contributed by atoms with van der Waals surface area (Å²) >= 11 is 0. The quantitative estimate of drug-likeness (QED) is 0.158. The lowest BCUT2D eigenvalue weighted by Crippen LogP contribution is -2.37. The predicted molar refractivity (Wildman–Crippen MR) is 243 cm³/mol. The van der Waals surface area contributed by atoms with Crippen LogP contribution in [0.4, 0.5) is 0 Å². The van der Waals surface area contributed by atoms with Crippen LogP contribution in [0.15, 0.2) is 213 Å².